The van der Waals surface area contributed by atoms with Crippen LogP contribution in [0.1, 0.15) is 26.3 Å². The Balaban J connectivity index is 3.02. The molecule has 1 rings (SSSR count). The van der Waals surface area contributed by atoms with E-state index in [9.17, 15) is 4.79 Å². The summed E-state index contributed by atoms with van der Waals surface area (Å²) in [6.07, 6.45) is 0. The van der Waals surface area contributed by atoms with Crippen molar-refractivity contribution in [3.05, 3.63) is 20.3 Å². The molecular weight excluding hydrogens is 196 g/mol. The molecule has 0 aliphatic rings. The molecule has 0 spiro atoms. The van der Waals surface area contributed by atoms with Gasteiger partial charge in [0.25, 0.3) is 0 Å². The van der Waals surface area contributed by atoms with E-state index in [0.29, 0.717) is 17.6 Å². The smallest absolute Gasteiger partial charge is 0.204 e. The SMILES string of the molecule is CC(C)(C)c1c(NCCN)c(=S)c1=O. The molecule has 1 aromatic rings. The Morgan fingerprint density at radius 3 is 2.43 bits per heavy atom. The maximum Gasteiger partial charge on any atom is 0.204 e. The lowest BCUT2D eigenvalue weighted by atomic mass is 9.83. The molecular formula is C10H16N2OS. The third-order valence-electron chi connectivity index (χ3n) is 2.11. The molecule has 0 radical (unpaired) electrons. The zero-order chi connectivity index (χ0) is 10.9. The van der Waals surface area contributed by atoms with Gasteiger partial charge in [-0.1, -0.05) is 33.0 Å². The molecule has 0 saturated heterocycles. The maximum atomic E-state index is 11.5. The molecule has 0 bridgehead atoms. The van der Waals surface area contributed by atoms with Gasteiger partial charge in [-0.2, -0.15) is 0 Å². The van der Waals surface area contributed by atoms with Crippen LogP contribution in [0.5, 0.6) is 0 Å². The fourth-order valence-corrected chi connectivity index (χ4v) is 1.75. The highest BCUT2D eigenvalue weighted by Crippen LogP contribution is 2.29. The second-order valence-electron chi connectivity index (χ2n) is 4.37. The normalized spacial score (nSPS) is 12.0. The molecule has 0 aliphatic carbocycles. The van der Waals surface area contributed by atoms with Crippen molar-refractivity contribution in [1.29, 1.82) is 0 Å². The van der Waals surface area contributed by atoms with E-state index in [4.69, 9.17) is 18.0 Å². The van der Waals surface area contributed by atoms with Gasteiger partial charge < -0.3 is 11.1 Å². The molecule has 0 atom stereocenters. The van der Waals surface area contributed by atoms with Gasteiger partial charge in [-0.15, -0.1) is 0 Å². The summed E-state index contributed by atoms with van der Waals surface area (Å²) in [6.45, 7) is 7.21. The molecule has 4 heteroatoms. The van der Waals surface area contributed by atoms with Crippen molar-refractivity contribution in [2.75, 3.05) is 18.4 Å². The van der Waals surface area contributed by atoms with E-state index < -0.39 is 0 Å². The minimum atomic E-state index is -0.143. The Bertz CT molecular complexity index is 397. The lowest BCUT2D eigenvalue weighted by Gasteiger charge is -2.25. The first-order valence-corrected chi connectivity index (χ1v) is 5.08. The summed E-state index contributed by atoms with van der Waals surface area (Å²) in [5.74, 6) is 0. The second kappa shape index (κ2) is 3.79. The van der Waals surface area contributed by atoms with Gasteiger partial charge >= 0.3 is 0 Å². The first-order valence-electron chi connectivity index (χ1n) is 4.67. The van der Waals surface area contributed by atoms with Gasteiger partial charge in [0.1, 0.15) is 4.51 Å². The van der Waals surface area contributed by atoms with Gasteiger partial charge in [0.05, 0.1) is 5.69 Å². The third-order valence-corrected chi connectivity index (χ3v) is 2.50. The van der Waals surface area contributed by atoms with Gasteiger partial charge in [0.2, 0.25) is 5.43 Å². The molecule has 0 amide bonds. The highest BCUT2D eigenvalue weighted by Gasteiger charge is 2.27. The van der Waals surface area contributed by atoms with Crippen LogP contribution in [0.25, 0.3) is 0 Å². The van der Waals surface area contributed by atoms with E-state index in [2.05, 4.69) is 5.32 Å². The van der Waals surface area contributed by atoms with E-state index in [1.165, 1.54) is 0 Å². The van der Waals surface area contributed by atoms with Crippen LogP contribution in [0.2, 0.25) is 0 Å². The highest BCUT2D eigenvalue weighted by atomic mass is 32.1. The number of hydrogen-bond acceptors (Lipinski definition) is 4. The average Bonchev–Trinajstić information content (AvgIpc) is 2.08. The van der Waals surface area contributed by atoms with Gasteiger partial charge in [-0.25, -0.2) is 0 Å². The Labute approximate surface area is 89.0 Å². The summed E-state index contributed by atoms with van der Waals surface area (Å²) in [6, 6.07) is 0. The van der Waals surface area contributed by atoms with E-state index in [1.54, 1.807) is 0 Å². The largest absolute Gasteiger partial charge is 0.382 e. The van der Waals surface area contributed by atoms with Crippen LogP contribution in [-0.4, -0.2) is 13.1 Å². The number of nitrogens with one attached hydrogen (secondary N) is 1. The lowest BCUT2D eigenvalue weighted by molar-refractivity contribution is 0.581. The van der Waals surface area contributed by atoms with Crippen LogP contribution < -0.4 is 16.5 Å². The number of nitrogens with two attached hydrogens (primary N) is 1. The minimum absolute atomic E-state index is 0.00650. The monoisotopic (exact) mass is 212 g/mol. The standard InChI is InChI=1S/C10H16N2OS/c1-10(2,3)6-7(12-5-4-11)9(14)8(6)13/h12H,4-5,11H2,1-3H3. The summed E-state index contributed by atoms with van der Waals surface area (Å²) >= 11 is 4.98. The van der Waals surface area contributed by atoms with Gasteiger partial charge in [0.15, 0.2) is 0 Å². The number of hydrogen-bond donors (Lipinski definition) is 2. The topological polar surface area (TPSA) is 55.1 Å². The third kappa shape index (κ3) is 1.86. The predicted molar refractivity (Wildman–Crippen MR) is 62.2 cm³/mol. The van der Waals surface area contributed by atoms with Crippen LogP contribution in [0.3, 0.4) is 0 Å². The number of rotatable bonds is 3. The highest BCUT2D eigenvalue weighted by molar-refractivity contribution is 7.71. The number of anilines is 1. The van der Waals surface area contributed by atoms with Crippen molar-refractivity contribution in [3.8, 4) is 0 Å². The molecule has 0 aromatic heterocycles. The van der Waals surface area contributed by atoms with E-state index >= 15 is 0 Å². The van der Waals surface area contributed by atoms with Gasteiger partial charge in [-0.3, -0.25) is 4.79 Å². The molecule has 0 saturated carbocycles. The van der Waals surface area contributed by atoms with Crippen molar-refractivity contribution in [2.24, 2.45) is 5.73 Å². The Kier molecular flexibility index (Phi) is 3.07. The first kappa shape index (κ1) is 11.3. The molecule has 0 aliphatic heterocycles. The first-order chi connectivity index (χ1) is 6.39. The summed E-state index contributed by atoms with van der Waals surface area (Å²) in [7, 11) is 0. The van der Waals surface area contributed by atoms with E-state index in [-0.39, 0.29) is 10.8 Å². The predicted octanol–water partition coefficient (Wildman–Crippen LogP) is 1.32. The van der Waals surface area contributed by atoms with Crippen molar-refractivity contribution in [1.82, 2.24) is 0 Å². The summed E-state index contributed by atoms with van der Waals surface area (Å²) in [5, 5.41) is 3.10. The van der Waals surface area contributed by atoms with Crippen LogP contribution in [0, 0.1) is 4.51 Å². The maximum absolute atomic E-state index is 11.5. The lowest BCUT2D eigenvalue weighted by Crippen LogP contribution is -2.31. The molecule has 0 heterocycles. The Morgan fingerprint density at radius 1 is 1.43 bits per heavy atom. The van der Waals surface area contributed by atoms with Crippen LogP contribution in [0.15, 0.2) is 4.79 Å². The molecule has 3 N–H and O–H groups in total. The van der Waals surface area contributed by atoms with Crippen molar-refractivity contribution in [3.63, 3.8) is 0 Å². The van der Waals surface area contributed by atoms with Gasteiger partial charge in [-0.05, 0) is 5.41 Å². The summed E-state index contributed by atoms with van der Waals surface area (Å²) in [5.41, 5.74) is 6.86. The zero-order valence-corrected chi connectivity index (χ0v) is 9.62. The van der Waals surface area contributed by atoms with Crippen LogP contribution in [0.4, 0.5) is 5.69 Å². The quantitative estimate of drug-likeness (QED) is 0.742. The Morgan fingerprint density at radius 2 is 2.00 bits per heavy atom. The summed E-state index contributed by atoms with van der Waals surface area (Å²) in [4.78, 5) is 11.5. The Hall–Kier alpha value is -0.740. The molecule has 0 fully saturated rings. The molecule has 1 aromatic carbocycles. The zero-order valence-electron chi connectivity index (χ0n) is 8.81. The molecule has 14 heavy (non-hydrogen) atoms. The van der Waals surface area contributed by atoms with E-state index in [0.717, 1.165) is 11.3 Å². The fourth-order valence-electron chi connectivity index (χ4n) is 1.47. The molecule has 78 valence electrons. The van der Waals surface area contributed by atoms with Crippen molar-refractivity contribution in [2.45, 2.75) is 26.2 Å². The average molecular weight is 212 g/mol. The van der Waals surface area contributed by atoms with Crippen molar-refractivity contribution >= 4 is 17.9 Å². The van der Waals surface area contributed by atoms with Crippen LogP contribution >= 0.6 is 12.2 Å². The minimum Gasteiger partial charge on any atom is -0.382 e. The van der Waals surface area contributed by atoms with Gasteiger partial charge in [0, 0.05) is 18.7 Å². The van der Waals surface area contributed by atoms with Crippen molar-refractivity contribution < 1.29 is 0 Å². The fraction of sp³-hybridized carbons (Fsp3) is 0.600. The molecule has 3 nitrogen and oxygen atoms in total. The molecule has 0 unspecified atom stereocenters. The second-order valence-corrected chi connectivity index (χ2v) is 4.78. The summed E-state index contributed by atoms with van der Waals surface area (Å²) < 4.78 is 0.420. The van der Waals surface area contributed by atoms with Crippen LogP contribution in [-0.2, 0) is 5.41 Å². The van der Waals surface area contributed by atoms with E-state index in [1.807, 2.05) is 20.8 Å².